The van der Waals surface area contributed by atoms with Gasteiger partial charge in [0.2, 0.25) is 0 Å². The molecule has 0 unspecified atom stereocenters. The summed E-state index contributed by atoms with van der Waals surface area (Å²) < 4.78 is 0.912. The molecule has 0 aliphatic rings. The maximum Gasteiger partial charge on any atom is 0.358 e. The molecule has 0 aliphatic carbocycles. The summed E-state index contributed by atoms with van der Waals surface area (Å²) in [5.41, 5.74) is 0.418. The fraction of sp³-hybridized carbons (Fsp3) is 0.222. The third-order valence-corrected chi connectivity index (χ3v) is 3.64. The molecule has 7 heteroatoms. The number of hydrogen-bond donors (Lipinski definition) is 1. The highest BCUT2D eigenvalue weighted by Crippen LogP contribution is 2.30. The van der Waals surface area contributed by atoms with Gasteiger partial charge in [-0.1, -0.05) is 0 Å². The molecule has 1 N–H and O–H groups in total. The van der Waals surface area contributed by atoms with Crippen molar-refractivity contribution in [2.75, 3.05) is 0 Å². The molecule has 0 amide bonds. The van der Waals surface area contributed by atoms with Crippen LogP contribution in [0.25, 0.3) is 10.6 Å². The SMILES string of the molecule is CCn1nc(C(=O)O)c(-c2cc(Br)cs2)n1. The number of halogens is 1. The summed E-state index contributed by atoms with van der Waals surface area (Å²) in [5.74, 6) is -1.06. The number of aromatic nitrogens is 3. The Morgan fingerprint density at radius 3 is 2.88 bits per heavy atom. The Balaban J connectivity index is 2.54. The Bertz CT molecular complexity index is 535. The molecule has 0 fully saturated rings. The van der Waals surface area contributed by atoms with Gasteiger partial charge in [0, 0.05) is 9.85 Å². The van der Waals surface area contributed by atoms with Gasteiger partial charge in [-0.05, 0) is 28.9 Å². The normalized spacial score (nSPS) is 10.6. The Labute approximate surface area is 104 Å². The number of aromatic carboxylic acids is 1. The van der Waals surface area contributed by atoms with E-state index in [2.05, 4.69) is 26.1 Å². The van der Waals surface area contributed by atoms with Crippen LogP contribution in [-0.2, 0) is 6.54 Å². The van der Waals surface area contributed by atoms with Crippen LogP contribution < -0.4 is 0 Å². The Hall–Kier alpha value is -1.21. The van der Waals surface area contributed by atoms with E-state index in [0.29, 0.717) is 12.2 Å². The summed E-state index contributed by atoms with van der Waals surface area (Å²) >= 11 is 4.75. The average molecular weight is 302 g/mol. The molecule has 16 heavy (non-hydrogen) atoms. The lowest BCUT2D eigenvalue weighted by Gasteiger charge is -1.90. The number of aryl methyl sites for hydroxylation is 1. The lowest BCUT2D eigenvalue weighted by molar-refractivity contribution is 0.0690. The first kappa shape index (κ1) is 11.3. The molecule has 0 aliphatic heterocycles. The second-order valence-electron chi connectivity index (χ2n) is 3.02. The Morgan fingerprint density at radius 1 is 1.62 bits per heavy atom. The zero-order chi connectivity index (χ0) is 11.7. The van der Waals surface area contributed by atoms with Crippen molar-refractivity contribution in [3.63, 3.8) is 0 Å². The Kier molecular flexibility index (Phi) is 3.06. The van der Waals surface area contributed by atoms with E-state index in [4.69, 9.17) is 5.11 Å². The van der Waals surface area contributed by atoms with Gasteiger partial charge >= 0.3 is 5.97 Å². The Morgan fingerprint density at radius 2 is 2.38 bits per heavy atom. The predicted molar refractivity (Wildman–Crippen MR) is 63.7 cm³/mol. The van der Waals surface area contributed by atoms with Crippen LogP contribution in [0.1, 0.15) is 17.4 Å². The number of carboxylic acids is 1. The standard InChI is InChI=1S/C9H8BrN3O2S/c1-2-13-11-7(8(12-13)9(14)15)6-3-5(10)4-16-6/h3-4H,2H2,1H3,(H,14,15). The predicted octanol–water partition coefficient (Wildman–Crippen LogP) is 2.49. The van der Waals surface area contributed by atoms with Gasteiger partial charge in [-0.3, -0.25) is 0 Å². The summed E-state index contributed by atoms with van der Waals surface area (Å²) in [6, 6.07) is 1.83. The van der Waals surface area contributed by atoms with E-state index >= 15 is 0 Å². The van der Waals surface area contributed by atoms with Crippen LogP contribution in [-0.4, -0.2) is 26.1 Å². The maximum atomic E-state index is 11.0. The first-order chi connectivity index (χ1) is 7.61. The molecule has 0 radical (unpaired) electrons. The van der Waals surface area contributed by atoms with Gasteiger partial charge in [0.05, 0.1) is 11.4 Å². The third kappa shape index (κ3) is 2.00. The maximum absolute atomic E-state index is 11.0. The van der Waals surface area contributed by atoms with Crippen LogP contribution in [0.2, 0.25) is 0 Å². The topological polar surface area (TPSA) is 68.0 Å². The largest absolute Gasteiger partial charge is 0.476 e. The fourth-order valence-electron chi connectivity index (χ4n) is 1.24. The fourth-order valence-corrected chi connectivity index (χ4v) is 2.65. The van der Waals surface area contributed by atoms with Crippen LogP contribution in [0.4, 0.5) is 0 Å². The number of thiophene rings is 1. The van der Waals surface area contributed by atoms with Crippen LogP contribution in [0.5, 0.6) is 0 Å². The number of nitrogens with zero attached hydrogens (tertiary/aromatic N) is 3. The second kappa shape index (κ2) is 4.34. The molecule has 0 spiro atoms. The van der Waals surface area contributed by atoms with Crippen molar-refractivity contribution in [1.82, 2.24) is 15.0 Å². The van der Waals surface area contributed by atoms with Crippen molar-refractivity contribution in [2.45, 2.75) is 13.5 Å². The van der Waals surface area contributed by atoms with E-state index in [1.54, 1.807) is 0 Å². The zero-order valence-corrected chi connectivity index (χ0v) is 10.7. The minimum atomic E-state index is -1.06. The highest BCUT2D eigenvalue weighted by Gasteiger charge is 2.19. The highest BCUT2D eigenvalue weighted by atomic mass is 79.9. The van der Waals surface area contributed by atoms with Gasteiger partial charge in [-0.2, -0.15) is 9.90 Å². The van der Waals surface area contributed by atoms with E-state index in [-0.39, 0.29) is 5.69 Å². The quantitative estimate of drug-likeness (QED) is 0.946. The summed E-state index contributed by atoms with van der Waals surface area (Å²) in [5, 5.41) is 19.0. The van der Waals surface area contributed by atoms with Gasteiger partial charge in [0.25, 0.3) is 0 Å². The van der Waals surface area contributed by atoms with Crippen molar-refractivity contribution in [2.24, 2.45) is 0 Å². The molecule has 2 heterocycles. The molecule has 2 rings (SSSR count). The van der Waals surface area contributed by atoms with E-state index < -0.39 is 5.97 Å². The molecule has 0 aromatic carbocycles. The molecular formula is C9H8BrN3O2S. The highest BCUT2D eigenvalue weighted by molar-refractivity contribution is 9.10. The van der Waals surface area contributed by atoms with Gasteiger partial charge in [-0.15, -0.1) is 16.4 Å². The van der Waals surface area contributed by atoms with Crippen molar-refractivity contribution in [3.8, 4) is 10.6 Å². The first-order valence-corrected chi connectivity index (χ1v) is 6.22. The van der Waals surface area contributed by atoms with Gasteiger partial charge in [0.1, 0.15) is 5.69 Å². The zero-order valence-electron chi connectivity index (χ0n) is 8.35. The molecule has 84 valence electrons. The van der Waals surface area contributed by atoms with E-state index in [0.717, 1.165) is 9.35 Å². The van der Waals surface area contributed by atoms with E-state index in [9.17, 15) is 4.79 Å². The lowest BCUT2D eigenvalue weighted by atomic mass is 10.3. The lowest BCUT2D eigenvalue weighted by Crippen LogP contribution is -2.02. The minimum absolute atomic E-state index is 0.00352. The first-order valence-electron chi connectivity index (χ1n) is 4.54. The summed E-state index contributed by atoms with van der Waals surface area (Å²) in [7, 11) is 0. The summed E-state index contributed by atoms with van der Waals surface area (Å²) in [6.07, 6.45) is 0. The van der Waals surface area contributed by atoms with Crippen LogP contribution >= 0.6 is 27.3 Å². The monoisotopic (exact) mass is 301 g/mol. The smallest absolute Gasteiger partial charge is 0.358 e. The summed E-state index contributed by atoms with van der Waals surface area (Å²) in [4.78, 5) is 13.2. The molecule has 2 aromatic rings. The number of carbonyl (C=O) groups is 1. The molecule has 2 aromatic heterocycles. The average Bonchev–Trinajstić information content (AvgIpc) is 2.82. The molecule has 0 atom stereocenters. The summed E-state index contributed by atoms with van der Waals surface area (Å²) in [6.45, 7) is 2.41. The number of carboxylic acid groups (broad SMARTS) is 1. The van der Waals surface area contributed by atoms with Crippen LogP contribution in [0.15, 0.2) is 15.9 Å². The van der Waals surface area contributed by atoms with Crippen LogP contribution in [0, 0.1) is 0 Å². The van der Waals surface area contributed by atoms with Gasteiger partial charge in [-0.25, -0.2) is 4.79 Å². The third-order valence-electron chi connectivity index (χ3n) is 1.94. The van der Waals surface area contributed by atoms with Crippen molar-refractivity contribution in [3.05, 3.63) is 21.6 Å². The number of hydrogen-bond acceptors (Lipinski definition) is 4. The van der Waals surface area contributed by atoms with Crippen molar-refractivity contribution < 1.29 is 9.90 Å². The van der Waals surface area contributed by atoms with Crippen molar-refractivity contribution >= 4 is 33.2 Å². The van der Waals surface area contributed by atoms with Gasteiger partial charge < -0.3 is 5.11 Å². The molecule has 0 saturated carbocycles. The molecule has 0 bridgehead atoms. The molecule has 0 saturated heterocycles. The molecular weight excluding hydrogens is 294 g/mol. The minimum Gasteiger partial charge on any atom is -0.476 e. The van der Waals surface area contributed by atoms with E-state index in [1.807, 2.05) is 18.4 Å². The van der Waals surface area contributed by atoms with Crippen LogP contribution in [0.3, 0.4) is 0 Å². The van der Waals surface area contributed by atoms with E-state index in [1.165, 1.54) is 16.1 Å². The second-order valence-corrected chi connectivity index (χ2v) is 4.85. The molecule has 5 nitrogen and oxygen atoms in total. The van der Waals surface area contributed by atoms with Gasteiger partial charge in [0.15, 0.2) is 5.69 Å². The number of rotatable bonds is 3. The van der Waals surface area contributed by atoms with Crippen molar-refractivity contribution in [1.29, 1.82) is 0 Å².